The van der Waals surface area contributed by atoms with Crippen LogP contribution in [0.4, 0.5) is 0 Å². The third-order valence-corrected chi connectivity index (χ3v) is 4.30. The minimum absolute atomic E-state index is 0.189. The van der Waals surface area contributed by atoms with E-state index in [9.17, 15) is 5.11 Å². The Morgan fingerprint density at radius 2 is 2.32 bits per heavy atom. The van der Waals surface area contributed by atoms with Gasteiger partial charge in [-0.2, -0.15) is 0 Å². The monoisotopic (exact) mass is 258 g/mol. The van der Waals surface area contributed by atoms with Crippen molar-refractivity contribution in [3.63, 3.8) is 0 Å². The maximum Gasteiger partial charge on any atom is 0.0552 e. The van der Waals surface area contributed by atoms with Gasteiger partial charge in [0.25, 0.3) is 0 Å². The van der Waals surface area contributed by atoms with Crippen LogP contribution in [0.3, 0.4) is 0 Å². The first kappa shape index (κ1) is 12.7. The van der Waals surface area contributed by atoms with Gasteiger partial charge in [-0.3, -0.25) is 4.90 Å². The molecule has 1 aromatic heterocycles. The van der Waals surface area contributed by atoms with Crippen LogP contribution in [-0.4, -0.2) is 34.2 Å². The Balaban J connectivity index is 1.75. The van der Waals surface area contributed by atoms with Crippen molar-refractivity contribution in [1.29, 1.82) is 0 Å². The SMILES string of the molecule is C[C@@H](O)[C@H]1CCCN(Cc2cccc3[nH]ccc23)C1. The molecule has 19 heavy (non-hydrogen) atoms. The van der Waals surface area contributed by atoms with Crippen molar-refractivity contribution in [2.45, 2.75) is 32.4 Å². The Morgan fingerprint density at radius 1 is 1.42 bits per heavy atom. The van der Waals surface area contributed by atoms with Crippen molar-refractivity contribution in [3.8, 4) is 0 Å². The summed E-state index contributed by atoms with van der Waals surface area (Å²) in [6.07, 6.45) is 4.16. The van der Waals surface area contributed by atoms with Crippen LogP contribution in [0.25, 0.3) is 10.9 Å². The number of fused-ring (bicyclic) bond motifs is 1. The van der Waals surface area contributed by atoms with Crippen molar-refractivity contribution >= 4 is 10.9 Å². The first-order valence-electron chi connectivity index (χ1n) is 7.19. The fraction of sp³-hybridized carbons (Fsp3) is 0.500. The first-order chi connectivity index (χ1) is 9.24. The Kier molecular flexibility index (Phi) is 3.58. The van der Waals surface area contributed by atoms with E-state index in [1.807, 2.05) is 13.1 Å². The molecule has 1 aliphatic rings. The van der Waals surface area contributed by atoms with Crippen LogP contribution in [0.2, 0.25) is 0 Å². The van der Waals surface area contributed by atoms with E-state index in [4.69, 9.17) is 0 Å². The van der Waals surface area contributed by atoms with Crippen LogP contribution < -0.4 is 0 Å². The molecule has 2 atom stereocenters. The molecule has 2 aromatic rings. The molecular weight excluding hydrogens is 236 g/mol. The number of aromatic amines is 1. The van der Waals surface area contributed by atoms with Gasteiger partial charge in [0.1, 0.15) is 0 Å². The molecule has 1 fully saturated rings. The maximum absolute atomic E-state index is 9.77. The lowest BCUT2D eigenvalue weighted by molar-refractivity contribution is 0.0600. The van der Waals surface area contributed by atoms with Gasteiger partial charge in [0.05, 0.1) is 6.10 Å². The van der Waals surface area contributed by atoms with Crippen LogP contribution in [0.1, 0.15) is 25.3 Å². The standard InChI is InChI=1S/C16H22N2O/c1-12(19)13-5-3-9-18(10-13)11-14-4-2-6-16-15(14)7-8-17-16/h2,4,6-8,12-13,17,19H,3,5,9-11H2,1H3/t12-,13+/m1/s1. The number of hydrogen-bond donors (Lipinski definition) is 2. The van der Waals surface area contributed by atoms with E-state index in [0.717, 1.165) is 26.1 Å². The number of H-pyrrole nitrogens is 1. The highest BCUT2D eigenvalue weighted by molar-refractivity contribution is 5.82. The normalized spacial score (nSPS) is 22.7. The lowest BCUT2D eigenvalue weighted by atomic mass is 9.93. The fourth-order valence-electron chi connectivity index (χ4n) is 3.16. The predicted octanol–water partition coefficient (Wildman–Crippen LogP) is 2.76. The Morgan fingerprint density at radius 3 is 3.16 bits per heavy atom. The average Bonchev–Trinajstić information content (AvgIpc) is 2.88. The van der Waals surface area contributed by atoms with Gasteiger partial charge in [-0.05, 0) is 49.9 Å². The Bertz CT molecular complexity index is 546. The van der Waals surface area contributed by atoms with Crippen LogP contribution in [-0.2, 0) is 6.54 Å². The molecule has 0 bridgehead atoms. The van der Waals surface area contributed by atoms with E-state index in [0.29, 0.717) is 5.92 Å². The summed E-state index contributed by atoms with van der Waals surface area (Å²) >= 11 is 0. The topological polar surface area (TPSA) is 39.3 Å². The summed E-state index contributed by atoms with van der Waals surface area (Å²) in [4.78, 5) is 5.74. The predicted molar refractivity (Wildman–Crippen MR) is 78.0 cm³/mol. The van der Waals surface area contributed by atoms with Crippen molar-refractivity contribution in [3.05, 3.63) is 36.0 Å². The molecule has 0 amide bonds. The lowest BCUT2D eigenvalue weighted by Gasteiger charge is -2.34. The molecule has 0 radical (unpaired) electrons. The Labute approximate surface area is 114 Å². The van der Waals surface area contributed by atoms with Crippen molar-refractivity contribution < 1.29 is 5.11 Å². The number of hydrogen-bond acceptors (Lipinski definition) is 2. The smallest absolute Gasteiger partial charge is 0.0552 e. The van der Waals surface area contributed by atoms with Crippen LogP contribution in [0, 0.1) is 5.92 Å². The molecule has 1 saturated heterocycles. The first-order valence-corrected chi connectivity index (χ1v) is 7.19. The number of aliphatic hydroxyl groups excluding tert-OH is 1. The fourth-order valence-corrected chi connectivity index (χ4v) is 3.16. The molecule has 3 rings (SSSR count). The van der Waals surface area contributed by atoms with Gasteiger partial charge >= 0.3 is 0 Å². The van der Waals surface area contributed by atoms with E-state index >= 15 is 0 Å². The quantitative estimate of drug-likeness (QED) is 0.888. The second kappa shape index (κ2) is 5.35. The van der Waals surface area contributed by atoms with Crippen LogP contribution >= 0.6 is 0 Å². The number of aliphatic hydroxyl groups is 1. The molecule has 3 heteroatoms. The third kappa shape index (κ3) is 2.67. The highest BCUT2D eigenvalue weighted by Gasteiger charge is 2.23. The van der Waals surface area contributed by atoms with Gasteiger partial charge in [-0.15, -0.1) is 0 Å². The van der Waals surface area contributed by atoms with Gasteiger partial charge in [-0.1, -0.05) is 12.1 Å². The zero-order valence-corrected chi connectivity index (χ0v) is 11.5. The van der Waals surface area contributed by atoms with Gasteiger partial charge in [-0.25, -0.2) is 0 Å². The minimum atomic E-state index is -0.189. The largest absolute Gasteiger partial charge is 0.393 e. The molecule has 1 aromatic carbocycles. The number of benzene rings is 1. The summed E-state index contributed by atoms with van der Waals surface area (Å²) in [5.74, 6) is 0.430. The zero-order chi connectivity index (χ0) is 13.2. The van der Waals surface area contributed by atoms with Gasteiger partial charge in [0.2, 0.25) is 0 Å². The highest BCUT2D eigenvalue weighted by Crippen LogP contribution is 2.24. The molecule has 0 saturated carbocycles. The molecular formula is C16H22N2O. The molecule has 0 aliphatic carbocycles. The number of rotatable bonds is 3. The summed E-state index contributed by atoms with van der Waals surface area (Å²) in [5.41, 5.74) is 2.59. The highest BCUT2D eigenvalue weighted by atomic mass is 16.3. The van der Waals surface area contributed by atoms with Crippen molar-refractivity contribution in [2.75, 3.05) is 13.1 Å². The second-order valence-electron chi connectivity index (χ2n) is 5.73. The summed E-state index contributed by atoms with van der Waals surface area (Å²) in [7, 11) is 0. The van der Waals surface area contributed by atoms with E-state index in [2.05, 4.69) is 34.1 Å². The van der Waals surface area contributed by atoms with E-state index in [1.54, 1.807) is 0 Å². The summed E-state index contributed by atoms with van der Waals surface area (Å²) < 4.78 is 0. The maximum atomic E-state index is 9.77. The van der Waals surface area contributed by atoms with E-state index < -0.39 is 0 Å². The number of nitrogens with zero attached hydrogens (tertiary/aromatic N) is 1. The van der Waals surface area contributed by atoms with Crippen molar-refractivity contribution in [1.82, 2.24) is 9.88 Å². The molecule has 2 heterocycles. The molecule has 2 N–H and O–H groups in total. The van der Waals surface area contributed by atoms with Crippen LogP contribution in [0.5, 0.6) is 0 Å². The molecule has 0 unspecified atom stereocenters. The number of piperidine rings is 1. The van der Waals surface area contributed by atoms with E-state index in [-0.39, 0.29) is 6.10 Å². The molecule has 1 aliphatic heterocycles. The molecule has 0 spiro atoms. The Hall–Kier alpha value is -1.32. The lowest BCUT2D eigenvalue weighted by Crippen LogP contribution is -2.39. The minimum Gasteiger partial charge on any atom is -0.393 e. The number of aromatic nitrogens is 1. The van der Waals surface area contributed by atoms with Crippen LogP contribution in [0.15, 0.2) is 30.5 Å². The molecule has 3 nitrogen and oxygen atoms in total. The summed E-state index contributed by atoms with van der Waals surface area (Å²) in [6, 6.07) is 8.60. The number of nitrogens with one attached hydrogen (secondary N) is 1. The van der Waals surface area contributed by atoms with Crippen molar-refractivity contribution in [2.24, 2.45) is 5.92 Å². The van der Waals surface area contributed by atoms with Gasteiger partial charge in [0.15, 0.2) is 0 Å². The van der Waals surface area contributed by atoms with Gasteiger partial charge < -0.3 is 10.1 Å². The number of likely N-dealkylation sites (tertiary alicyclic amines) is 1. The van der Waals surface area contributed by atoms with E-state index in [1.165, 1.54) is 22.9 Å². The second-order valence-corrected chi connectivity index (χ2v) is 5.73. The average molecular weight is 258 g/mol. The van der Waals surface area contributed by atoms with Gasteiger partial charge in [0, 0.05) is 30.2 Å². The summed E-state index contributed by atoms with van der Waals surface area (Å²) in [5, 5.41) is 11.1. The summed E-state index contributed by atoms with van der Waals surface area (Å²) in [6.45, 7) is 5.06. The third-order valence-electron chi connectivity index (χ3n) is 4.30. The molecule has 102 valence electrons. The zero-order valence-electron chi connectivity index (χ0n) is 11.5.